The van der Waals surface area contributed by atoms with Gasteiger partial charge in [-0.15, -0.1) is 0 Å². The summed E-state index contributed by atoms with van der Waals surface area (Å²) in [4.78, 5) is 0. The van der Waals surface area contributed by atoms with Gasteiger partial charge >= 0.3 is 0 Å². The van der Waals surface area contributed by atoms with Gasteiger partial charge in [-0.3, -0.25) is 5.32 Å². The summed E-state index contributed by atoms with van der Waals surface area (Å²) in [5.41, 5.74) is 3.14. The minimum atomic E-state index is -0.222. The molecule has 102 valence electrons. The molecule has 0 saturated carbocycles. The SMILES string of the molecule is C=C/C=C(\C=C)c1ccc(C2C(C#N)NC2CO)cc1. The predicted octanol–water partition coefficient (Wildman–Crippen LogP) is 2.38. The molecule has 0 aliphatic carbocycles. The number of rotatable bonds is 5. The van der Waals surface area contributed by atoms with Crippen LogP contribution in [0, 0.1) is 11.3 Å². The third-order valence-electron chi connectivity index (χ3n) is 3.67. The van der Waals surface area contributed by atoms with E-state index in [0.29, 0.717) is 0 Å². The van der Waals surface area contributed by atoms with Gasteiger partial charge in [0.05, 0.1) is 12.7 Å². The molecule has 3 unspecified atom stereocenters. The van der Waals surface area contributed by atoms with Crippen molar-refractivity contribution in [2.45, 2.75) is 18.0 Å². The number of nitrogens with one attached hydrogen (secondary N) is 1. The van der Waals surface area contributed by atoms with Crippen LogP contribution in [0.1, 0.15) is 17.0 Å². The minimum Gasteiger partial charge on any atom is -0.395 e. The summed E-state index contributed by atoms with van der Waals surface area (Å²) in [5, 5.41) is 21.4. The van der Waals surface area contributed by atoms with Gasteiger partial charge in [0.1, 0.15) is 6.04 Å². The molecular formula is C17H18N2O. The first-order chi connectivity index (χ1) is 9.74. The molecule has 2 N–H and O–H groups in total. The van der Waals surface area contributed by atoms with Crippen LogP contribution in [-0.4, -0.2) is 23.8 Å². The second-order valence-electron chi connectivity index (χ2n) is 4.77. The van der Waals surface area contributed by atoms with Crippen molar-refractivity contribution in [3.63, 3.8) is 0 Å². The second kappa shape index (κ2) is 6.33. The van der Waals surface area contributed by atoms with Crippen LogP contribution in [0.5, 0.6) is 0 Å². The lowest BCUT2D eigenvalue weighted by atomic mass is 9.78. The molecule has 0 aromatic heterocycles. The van der Waals surface area contributed by atoms with E-state index in [1.165, 1.54) is 0 Å². The highest BCUT2D eigenvalue weighted by molar-refractivity contribution is 5.74. The molecule has 3 nitrogen and oxygen atoms in total. The van der Waals surface area contributed by atoms with Crippen molar-refractivity contribution in [2.75, 3.05) is 6.61 Å². The first kappa shape index (κ1) is 14.3. The Bertz CT molecular complexity index is 566. The van der Waals surface area contributed by atoms with Crippen LogP contribution in [0.3, 0.4) is 0 Å². The Balaban J connectivity index is 2.24. The molecular weight excluding hydrogens is 248 g/mol. The number of aliphatic hydroxyl groups is 1. The fraction of sp³-hybridized carbons (Fsp3) is 0.235. The highest BCUT2D eigenvalue weighted by Crippen LogP contribution is 2.32. The Kier molecular flexibility index (Phi) is 4.52. The first-order valence-electron chi connectivity index (χ1n) is 6.57. The van der Waals surface area contributed by atoms with Crippen LogP contribution in [-0.2, 0) is 0 Å². The maximum absolute atomic E-state index is 9.28. The summed E-state index contributed by atoms with van der Waals surface area (Å²) < 4.78 is 0. The van der Waals surface area contributed by atoms with E-state index in [1.807, 2.05) is 30.3 Å². The molecule has 1 aliphatic heterocycles. The van der Waals surface area contributed by atoms with Gasteiger partial charge in [-0.25, -0.2) is 0 Å². The zero-order valence-electron chi connectivity index (χ0n) is 11.3. The Hall–Kier alpha value is -2.15. The normalized spacial score (nSPS) is 25.4. The fourth-order valence-electron chi connectivity index (χ4n) is 2.57. The Morgan fingerprint density at radius 3 is 2.55 bits per heavy atom. The van der Waals surface area contributed by atoms with Gasteiger partial charge < -0.3 is 5.11 Å². The number of hydrogen-bond donors (Lipinski definition) is 2. The predicted molar refractivity (Wildman–Crippen MR) is 81.0 cm³/mol. The standard InChI is InChI=1S/C17H18N2O/c1-3-5-12(4-2)13-6-8-14(9-7-13)17-15(10-18)19-16(17)11-20/h3-9,15-17,19-20H,1-2,11H2/b12-5+. The van der Waals surface area contributed by atoms with Crippen molar-refractivity contribution in [3.8, 4) is 6.07 Å². The van der Waals surface area contributed by atoms with Crippen LogP contribution in [0.25, 0.3) is 5.57 Å². The maximum atomic E-state index is 9.28. The van der Waals surface area contributed by atoms with E-state index in [-0.39, 0.29) is 24.6 Å². The number of hydrogen-bond acceptors (Lipinski definition) is 3. The van der Waals surface area contributed by atoms with Crippen LogP contribution >= 0.6 is 0 Å². The molecule has 1 aromatic carbocycles. The molecule has 1 saturated heterocycles. The number of aliphatic hydroxyl groups excluding tert-OH is 1. The van der Waals surface area contributed by atoms with Gasteiger partial charge in [-0.1, -0.05) is 55.7 Å². The summed E-state index contributed by atoms with van der Waals surface area (Å²) in [6.07, 6.45) is 5.42. The van der Waals surface area contributed by atoms with Gasteiger partial charge in [-0.05, 0) is 16.7 Å². The zero-order valence-corrected chi connectivity index (χ0v) is 11.3. The average Bonchev–Trinajstić information content (AvgIpc) is 2.45. The van der Waals surface area contributed by atoms with E-state index in [9.17, 15) is 5.11 Å². The molecule has 1 fully saturated rings. The highest BCUT2D eigenvalue weighted by Gasteiger charge is 2.40. The molecule has 2 rings (SSSR count). The maximum Gasteiger partial charge on any atom is 0.104 e. The molecule has 3 heteroatoms. The molecule has 1 heterocycles. The van der Waals surface area contributed by atoms with Gasteiger partial charge in [0.25, 0.3) is 0 Å². The topological polar surface area (TPSA) is 56.0 Å². The Morgan fingerprint density at radius 1 is 1.35 bits per heavy atom. The van der Waals surface area contributed by atoms with Gasteiger partial charge in [0.2, 0.25) is 0 Å². The number of benzene rings is 1. The van der Waals surface area contributed by atoms with Gasteiger partial charge in [0.15, 0.2) is 0 Å². The molecule has 3 atom stereocenters. The number of allylic oxidation sites excluding steroid dienone is 4. The van der Waals surface area contributed by atoms with E-state index < -0.39 is 0 Å². The molecule has 0 spiro atoms. The van der Waals surface area contributed by atoms with Gasteiger partial charge in [0, 0.05) is 12.0 Å². The van der Waals surface area contributed by atoms with Crippen molar-refractivity contribution in [1.29, 1.82) is 5.26 Å². The Morgan fingerprint density at radius 2 is 2.05 bits per heavy atom. The molecule has 0 radical (unpaired) electrons. The summed E-state index contributed by atoms with van der Waals surface area (Å²) in [6, 6.07) is 10.00. The number of nitriles is 1. The second-order valence-corrected chi connectivity index (χ2v) is 4.77. The monoisotopic (exact) mass is 266 g/mol. The fourth-order valence-corrected chi connectivity index (χ4v) is 2.57. The van der Waals surface area contributed by atoms with Crippen LogP contribution in [0.15, 0.2) is 55.7 Å². The lowest BCUT2D eigenvalue weighted by Crippen LogP contribution is -2.60. The lowest BCUT2D eigenvalue weighted by Gasteiger charge is -2.42. The molecule has 1 aliphatic rings. The third kappa shape index (κ3) is 2.57. The largest absolute Gasteiger partial charge is 0.395 e. The van der Waals surface area contributed by atoms with Crippen LogP contribution in [0.4, 0.5) is 0 Å². The van der Waals surface area contributed by atoms with Gasteiger partial charge in [-0.2, -0.15) is 5.26 Å². The third-order valence-corrected chi connectivity index (χ3v) is 3.67. The van der Waals surface area contributed by atoms with Crippen molar-refractivity contribution < 1.29 is 5.11 Å². The van der Waals surface area contributed by atoms with E-state index in [2.05, 4.69) is 24.5 Å². The smallest absolute Gasteiger partial charge is 0.104 e. The summed E-state index contributed by atoms with van der Waals surface area (Å²) >= 11 is 0. The van der Waals surface area contributed by atoms with E-state index >= 15 is 0 Å². The number of nitrogens with zero attached hydrogens (tertiary/aromatic N) is 1. The molecule has 20 heavy (non-hydrogen) atoms. The lowest BCUT2D eigenvalue weighted by molar-refractivity contribution is 0.151. The van der Waals surface area contributed by atoms with Crippen molar-refractivity contribution in [3.05, 3.63) is 66.8 Å². The minimum absolute atomic E-state index is 0.0342. The van der Waals surface area contributed by atoms with Crippen LogP contribution < -0.4 is 5.32 Å². The quantitative estimate of drug-likeness (QED) is 0.805. The zero-order chi connectivity index (χ0) is 14.5. The summed E-state index contributed by atoms with van der Waals surface area (Å²) in [5.74, 6) is 0.0506. The van der Waals surface area contributed by atoms with Crippen LogP contribution in [0.2, 0.25) is 0 Å². The highest BCUT2D eigenvalue weighted by atomic mass is 16.3. The molecule has 0 amide bonds. The molecule has 0 bridgehead atoms. The van der Waals surface area contributed by atoms with Crippen molar-refractivity contribution in [1.82, 2.24) is 5.32 Å². The summed E-state index contributed by atoms with van der Waals surface area (Å²) in [6.45, 7) is 7.52. The van der Waals surface area contributed by atoms with E-state index in [4.69, 9.17) is 5.26 Å². The molecule has 1 aromatic rings. The van der Waals surface area contributed by atoms with E-state index in [0.717, 1.165) is 16.7 Å². The summed E-state index contributed by atoms with van der Waals surface area (Å²) in [7, 11) is 0. The van der Waals surface area contributed by atoms with Crippen molar-refractivity contribution >= 4 is 5.57 Å². The average molecular weight is 266 g/mol. The van der Waals surface area contributed by atoms with Crippen molar-refractivity contribution in [2.24, 2.45) is 0 Å². The van der Waals surface area contributed by atoms with E-state index in [1.54, 1.807) is 12.2 Å². The Labute approximate surface area is 119 Å². The first-order valence-corrected chi connectivity index (χ1v) is 6.57.